The van der Waals surface area contributed by atoms with Crippen LogP contribution in [0.5, 0.6) is 0 Å². The molecule has 0 aromatic carbocycles. The third-order valence-corrected chi connectivity index (χ3v) is 3.71. The normalized spacial score (nSPS) is 28.6. The van der Waals surface area contributed by atoms with Gasteiger partial charge in [-0.05, 0) is 49.7 Å². The number of carbonyl (C=O) groups excluding carboxylic acids is 1. The van der Waals surface area contributed by atoms with Crippen LogP contribution in [-0.4, -0.2) is 16.6 Å². The van der Waals surface area contributed by atoms with Gasteiger partial charge in [-0.2, -0.15) is 5.10 Å². The van der Waals surface area contributed by atoms with Crippen LogP contribution in [0.3, 0.4) is 0 Å². The van der Waals surface area contributed by atoms with Crippen molar-refractivity contribution in [3.63, 3.8) is 0 Å². The molecule has 0 radical (unpaired) electrons. The van der Waals surface area contributed by atoms with Crippen LogP contribution in [0.15, 0.2) is 29.5 Å². The molecule has 1 aromatic heterocycles. The SMILES string of the molecule is O=C(N/N=C1/C[C@@H]2CC[C@H]1C2)c1ccccn1. The Balaban J connectivity index is 1.65. The van der Waals surface area contributed by atoms with Crippen molar-refractivity contribution < 1.29 is 4.79 Å². The first-order chi connectivity index (χ1) is 8.33. The summed E-state index contributed by atoms with van der Waals surface area (Å²) in [5.74, 6) is 1.20. The maximum atomic E-state index is 11.7. The molecule has 0 spiro atoms. The molecule has 1 heterocycles. The summed E-state index contributed by atoms with van der Waals surface area (Å²) >= 11 is 0. The molecule has 88 valence electrons. The molecule has 1 N–H and O–H groups in total. The van der Waals surface area contributed by atoms with Crippen molar-refractivity contribution in [2.45, 2.75) is 25.7 Å². The summed E-state index contributed by atoms with van der Waals surface area (Å²) in [5.41, 5.74) is 4.20. The molecule has 0 unspecified atom stereocenters. The number of hydrogen-bond donors (Lipinski definition) is 1. The minimum Gasteiger partial charge on any atom is -0.266 e. The van der Waals surface area contributed by atoms with E-state index in [0.717, 1.165) is 12.3 Å². The number of rotatable bonds is 2. The second-order valence-corrected chi connectivity index (χ2v) is 4.84. The first-order valence-corrected chi connectivity index (χ1v) is 6.11. The van der Waals surface area contributed by atoms with Crippen LogP contribution in [-0.2, 0) is 0 Å². The van der Waals surface area contributed by atoms with Gasteiger partial charge in [0.2, 0.25) is 0 Å². The van der Waals surface area contributed by atoms with Crippen LogP contribution in [0, 0.1) is 11.8 Å². The summed E-state index contributed by atoms with van der Waals surface area (Å²) in [5, 5.41) is 4.26. The number of nitrogens with one attached hydrogen (secondary N) is 1. The van der Waals surface area contributed by atoms with E-state index in [0.29, 0.717) is 11.6 Å². The van der Waals surface area contributed by atoms with Gasteiger partial charge in [-0.1, -0.05) is 6.07 Å². The summed E-state index contributed by atoms with van der Waals surface area (Å²) in [6, 6.07) is 5.28. The van der Waals surface area contributed by atoms with Gasteiger partial charge in [0.1, 0.15) is 5.69 Å². The maximum Gasteiger partial charge on any atom is 0.289 e. The molecule has 0 saturated heterocycles. The van der Waals surface area contributed by atoms with Crippen molar-refractivity contribution in [1.29, 1.82) is 0 Å². The fourth-order valence-electron chi connectivity index (χ4n) is 2.84. The number of hydrazone groups is 1. The molecule has 0 aliphatic heterocycles. The Labute approximate surface area is 100 Å². The summed E-state index contributed by atoms with van der Waals surface area (Å²) in [4.78, 5) is 15.7. The van der Waals surface area contributed by atoms with Gasteiger partial charge in [-0.3, -0.25) is 9.78 Å². The minimum absolute atomic E-state index is 0.221. The number of nitrogens with zero attached hydrogens (tertiary/aromatic N) is 2. The van der Waals surface area contributed by atoms with Crippen molar-refractivity contribution in [2.24, 2.45) is 16.9 Å². The van der Waals surface area contributed by atoms with E-state index in [2.05, 4.69) is 15.5 Å². The second-order valence-electron chi connectivity index (χ2n) is 4.84. The second kappa shape index (κ2) is 4.28. The Morgan fingerprint density at radius 2 is 2.35 bits per heavy atom. The molecular weight excluding hydrogens is 214 g/mol. The van der Waals surface area contributed by atoms with E-state index in [9.17, 15) is 4.79 Å². The fraction of sp³-hybridized carbons (Fsp3) is 0.462. The summed E-state index contributed by atoms with van der Waals surface area (Å²) in [6.07, 6.45) is 6.51. The number of aromatic nitrogens is 1. The minimum atomic E-state index is -0.221. The van der Waals surface area contributed by atoms with E-state index >= 15 is 0 Å². The largest absolute Gasteiger partial charge is 0.289 e. The topological polar surface area (TPSA) is 54.4 Å². The van der Waals surface area contributed by atoms with E-state index in [1.807, 2.05) is 0 Å². The predicted octanol–water partition coefficient (Wildman–Crippen LogP) is 1.99. The van der Waals surface area contributed by atoms with Gasteiger partial charge in [-0.15, -0.1) is 0 Å². The zero-order valence-corrected chi connectivity index (χ0v) is 9.60. The monoisotopic (exact) mass is 229 g/mol. The van der Waals surface area contributed by atoms with Crippen molar-refractivity contribution in [3.8, 4) is 0 Å². The van der Waals surface area contributed by atoms with E-state index < -0.39 is 0 Å². The number of pyridine rings is 1. The molecule has 17 heavy (non-hydrogen) atoms. The van der Waals surface area contributed by atoms with Crippen LogP contribution in [0.2, 0.25) is 0 Å². The van der Waals surface area contributed by atoms with Gasteiger partial charge in [0.15, 0.2) is 0 Å². The lowest BCUT2D eigenvalue weighted by atomic mass is 9.99. The maximum absolute atomic E-state index is 11.7. The lowest BCUT2D eigenvalue weighted by molar-refractivity contribution is 0.0949. The quantitative estimate of drug-likeness (QED) is 0.788. The van der Waals surface area contributed by atoms with E-state index in [-0.39, 0.29) is 5.91 Å². The van der Waals surface area contributed by atoms with Crippen LogP contribution in [0.4, 0.5) is 0 Å². The van der Waals surface area contributed by atoms with E-state index in [4.69, 9.17) is 0 Å². The molecular formula is C13H15N3O. The predicted molar refractivity (Wildman–Crippen MR) is 64.6 cm³/mol. The molecule has 2 saturated carbocycles. The van der Waals surface area contributed by atoms with Crippen molar-refractivity contribution in [2.75, 3.05) is 0 Å². The molecule has 3 rings (SSSR count). The lowest BCUT2D eigenvalue weighted by Crippen LogP contribution is -2.22. The average Bonchev–Trinajstić information content (AvgIpc) is 2.99. The lowest BCUT2D eigenvalue weighted by Gasteiger charge is -2.11. The zero-order chi connectivity index (χ0) is 11.7. The van der Waals surface area contributed by atoms with E-state index in [1.165, 1.54) is 25.0 Å². The Morgan fingerprint density at radius 1 is 1.41 bits per heavy atom. The Morgan fingerprint density at radius 3 is 3.00 bits per heavy atom. The van der Waals surface area contributed by atoms with E-state index in [1.54, 1.807) is 24.4 Å². The number of fused-ring (bicyclic) bond motifs is 2. The summed E-state index contributed by atoms with van der Waals surface area (Å²) in [7, 11) is 0. The van der Waals surface area contributed by atoms with Crippen molar-refractivity contribution in [3.05, 3.63) is 30.1 Å². The number of hydrogen-bond acceptors (Lipinski definition) is 3. The number of amides is 1. The van der Waals surface area contributed by atoms with Crippen LogP contribution in [0.25, 0.3) is 0 Å². The molecule has 1 aromatic rings. The van der Waals surface area contributed by atoms with Crippen molar-refractivity contribution in [1.82, 2.24) is 10.4 Å². The number of carbonyl (C=O) groups is 1. The molecule has 2 fully saturated rings. The molecule has 2 bridgehead atoms. The van der Waals surface area contributed by atoms with Crippen LogP contribution in [0.1, 0.15) is 36.2 Å². The highest BCUT2D eigenvalue weighted by atomic mass is 16.2. The molecule has 2 atom stereocenters. The Bertz CT molecular complexity index is 455. The van der Waals surface area contributed by atoms with Gasteiger partial charge in [-0.25, -0.2) is 5.43 Å². The van der Waals surface area contributed by atoms with Gasteiger partial charge < -0.3 is 0 Å². The molecule has 1 amide bonds. The third-order valence-electron chi connectivity index (χ3n) is 3.71. The Hall–Kier alpha value is -1.71. The Kier molecular flexibility index (Phi) is 2.63. The smallest absolute Gasteiger partial charge is 0.266 e. The fourth-order valence-corrected chi connectivity index (χ4v) is 2.84. The van der Waals surface area contributed by atoms with Gasteiger partial charge >= 0.3 is 0 Å². The molecule has 4 heteroatoms. The van der Waals surface area contributed by atoms with Crippen molar-refractivity contribution >= 4 is 11.6 Å². The summed E-state index contributed by atoms with van der Waals surface area (Å²) < 4.78 is 0. The van der Waals surface area contributed by atoms with Gasteiger partial charge in [0.25, 0.3) is 5.91 Å². The molecule has 2 aliphatic carbocycles. The highest BCUT2D eigenvalue weighted by Crippen LogP contribution is 2.42. The van der Waals surface area contributed by atoms with Crippen LogP contribution >= 0.6 is 0 Å². The first-order valence-electron chi connectivity index (χ1n) is 6.11. The first kappa shape index (κ1) is 10.4. The highest BCUT2D eigenvalue weighted by molar-refractivity contribution is 5.95. The van der Waals surface area contributed by atoms with Gasteiger partial charge in [0, 0.05) is 11.9 Å². The average molecular weight is 229 g/mol. The standard InChI is InChI=1S/C13H15N3O/c17-13(11-3-1-2-6-14-11)16-15-12-8-9-4-5-10(12)7-9/h1-3,6,9-10H,4-5,7-8H2,(H,16,17)/b15-12-/t9-,10+/m1/s1. The molecule has 4 nitrogen and oxygen atoms in total. The highest BCUT2D eigenvalue weighted by Gasteiger charge is 2.36. The zero-order valence-electron chi connectivity index (χ0n) is 9.60. The molecule has 2 aliphatic rings. The third kappa shape index (κ3) is 2.07. The van der Waals surface area contributed by atoms with Crippen LogP contribution < -0.4 is 5.43 Å². The van der Waals surface area contributed by atoms with Gasteiger partial charge in [0.05, 0.1) is 0 Å². The summed E-state index contributed by atoms with van der Waals surface area (Å²) in [6.45, 7) is 0.